The van der Waals surface area contributed by atoms with Gasteiger partial charge in [-0.25, -0.2) is 0 Å². The van der Waals surface area contributed by atoms with E-state index in [0.29, 0.717) is 19.0 Å². The van der Waals surface area contributed by atoms with Gasteiger partial charge in [0.15, 0.2) is 5.96 Å². The average molecular weight is 361 g/mol. The van der Waals surface area contributed by atoms with Crippen molar-refractivity contribution in [2.45, 2.75) is 52.2 Å². The lowest BCUT2D eigenvalue weighted by Crippen LogP contribution is -2.43. The van der Waals surface area contributed by atoms with Crippen LogP contribution in [-0.2, 0) is 0 Å². The highest BCUT2D eigenvalue weighted by Gasteiger charge is 2.20. The third-order valence-corrected chi connectivity index (χ3v) is 5.06. The molecule has 1 saturated heterocycles. The van der Waals surface area contributed by atoms with Gasteiger partial charge in [0.1, 0.15) is 0 Å². The maximum atomic E-state index is 10.3. The monoisotopic (exact) mass is 360 g/mol. The van der Waals surface area contributed by atoms with Crippen LogP contribution >= 0.6 is 0 Å². The normalized spacial score (nSPS) is 21.2. The van der Waals surface area contributed by atoms with Crippen LogP contribution in [0.4, 0.5) is 0 Å². The van der Waals surface area contributed by atoms with Gasteiger partial charge in [-0.2, -0.15) is 0 Å². The molecule has 0 aromatic heterocycles. The Labute approximate surface area is 158 Å². The maximum absolute atomic E-state index is 10.3. The number of aliphatic imine (C=N–C) groups is 1. The molecule has 2 rings (SSSR count). The number of aliphatic hydroxyl groups is 1. The SMILES string of the molecule is CCNC(=NCC(C)N1CCCC(C)C1)NCCC(O)c1ccccc1. The molecule has 1 aliphatic heterocycles. The minimum absolute atomic E-state index is 0.444. The summed E-state index contributed by atoms with van der Waals surface area (Å²) in [5.41, 5.74) is 0.962. The molecule has 3 atom stereocenters. The van der Waals surface area contributed by atoms with E-state index in [9.17, 15) is 5.11 Å². The minimum atomic E-state index is -0.444. The highest BCUT2D eigenvalue weighted by atomic mass is 16.3. The zero-order valence-electron chi connectivity index (χ0n) is 16.6. The summed E-state index contributed by atoms with van der Waals surface area (Å²) in [6, 6.07) is 10.3. The van der Waals surface area contributed by atoms with Crippen molar-refractivity contribution in [3.05, 3.63) is 35.9 Å². The van der Waals surface area contributed by atoms with Gasteiger partial charge in [0, 0.05) is 25.7 Å². The van der Waals surface area contributed by atoms with Crippen LogP contribution in [0, 0.1) is 5.92 Å². The first-order valence-electron chi connectivity index (χ1n) is 10.1. The first kappa shape index (κ1) is 20.7. The van der Waals surface area contributed by atoms with Crippen molar-refractivity contribution >= 4 is 5.96 Å². The molecule has 1 fully saturated rings. The second-order valence-corrected chi connectivity index (χ2v) is 7.45. The number of rotatable bonds is 8. The molecule has 146 valence electrons. The van der Waals surface area contributed by atoms with Gasteiger partial charge in [0.25, 0.3) is 0 Å². The van der Waals surface area contributed by atoms with Crippen LogP contribution < -0.4 is 10.6 Å². The summed E-state index contributed by atoms with van der Waals surface area (Å²) < 4.78 is 0. The van der Waals surface area contributed by atoms with Crippen LogP contribution in [0.3, 0.4) is 0 Å². The summed E-state index contributed by atoms with van der Waals surface area (Å²) in [5, 5.41) is 16.9. The van der Waals surface area contributed by atoms with Crippen molar-refractivity contribution < 1.29 is 5.11 Å². The molecule has 1 aromatic rings. The molecular formula is C21H36N4O. The highest BCUT2D eigenvalue weighted by Crippen LogP contribution is 2.18. The van der Waals surface area contributed by atoms with E-state index >= 15 is 0 Å². The lowest BCUT2D eigenvalue weighted by atomic mass is 9.99. The van der Waals surface area contributed by atoms with Crippen LogP contribution in [0.15, 0.2) is 35.3 Å². The Morgan fingerprint density at radius 3 is 2.77 bits per heavy atom. The molecule has 1 heterocycles. The smallest absolute Gasteiger partial charge is 0.191 e. The number of nitrogens with one attached hydrogen (secondary N) is 2. The van der Waals surface area contributed by atoms with Crippen molar-refractivity contribution in [1.29, 1.82) is 0 Å². The molecule has 5 nitrogen and oxygen atoms in total. The number of piperidine rings is 1. The fourth-order valence-electron chi connectivity index (χ4n) is 3.48. The van der Waals surface area contributed by atoms with Crippen LogP contribution in [-0.4, -0.2) is 54.7 Å². The number of hydrogen-bond acceptors (Lipinski definition) is 3. The molecule has 26 heavy (non-hydrogen) atoms. The van der Waals surface area contributed by atoms with Crippen molar-refractivity contribution in [3.63, 3.8) is 0 Å². The summed E-state index contributed by atoms with van der Waals surface area (Å²) in [6.07, 6.45) is 2.86. The number of hydrogen-bond donors (Lipinski definition) is 3. The maximum Gasteiger partial charge on any atom is 0.191 e. The number of benzene rings is 1. The summed E-state index contributed by atoms with van der Waals surface area (Å²) in [7, 11) is 0. The van der Waals surface area contributed by atoms with Gasteiger partial charge < -0.3 is 15.7 Å². The molecule has 0 spiro atoms. The predicted molar refractivity (Wildman–Crippen MR) is 109 cm³/mol. The van der Waals surface area contributed by atoms with E-state index in [1.807, 2.05) is 30.3 Å². The molecule has 1 aliphatic rings. The molecule has 5 heteroatoms. The van der Waals surface area contributed by atoms with Crippen molar-refractivity contribution in [2.24, 2.45) is 10.9 Å². The number of guanidine groups is 1. The van der Waals surface area contributed by atoms with Gasteiger partial charge in [0.05, 0.1) is 12.6 Å². The van der Waals surface area contributed by atoms with Crippen molar-refractivity contribution in [2.75, 3.05) is 32.7 Å². The summed E-state index contributed by atoms with van der Waals surface area (Å²) in [6.45, 7) is 11.4. The van der Waals surface area contributed by atoms with Crippen molar-refractivity contribution in [1.82, 2.24) is 15.5 Å². The van der Waals surface area contributed by atoms with E-state index < -0.39 is 6.10 Å². The van der Waals surface area contributed by atoms with Crippen LogP contribution in [0.25, 0.3) is 0 Å². The van der Waals surface area contributed by atoms with Gasteiger partial charge in [-0.1, -0.05) is 37.3 Å². The number of aliphatic hydroxyl groups excluding tert-OH is 1. The second-order valence-electron chi connectivity index (χ2n) is 7.45. The van der Waals surface area contributed by atoms with E-state index in [-0.39, 0.29) is 0 Å². The third-order valence-electron chi connectivity index (χ3n) is 5.06. The fourth-order valence-corrected chi connectivity index (χ4v) is 3.48. The van der Waals surface area contributed by atoms with Crippen LogP contribution in [0.1, 0.15) is 51.7 Å². The summed E-state index contributed by atoms with van der Waals surface area (Å²) >= 11 is 0. The summed E-state index contributed by atoms with van der Waals surface area (Å²) in [4.78, 5) is 7.31. The zero-order chi connectivity index (χ0) is 18.8. The molecular weight excluding hydrogens is 324 g/mol. The zero-order valence-corrected chi connectivity index (χ0v) is 16.6. The largest absolute Gasteiger partial charge is 0.388 e. The van der Waals surface area contributed by atoms with Gasteiger partial charge in [-0.3, -0.25) is 9.89 Å². The quantitative estimate of drug-likeness (QED) is 0.493. The fraction of sp³-hybridized carbons (Fsp3) is 0.667. The first-order valence-corrected chi connectivity index (χ1v) is 10.1. The predicted octanol–water partition coefficient (Wildman–Crippen LogP) is 2.79. The van der Waals surface area contributed by atoms with Crippen molar-refractivity contribution in [3.8, 4) is 0 Å². The van der Waals surface area contributed by atoms with Gasteiger partial charge in [0.2, 0.25) is 0 Å². The van der Waals surface area contributed by atoms with E-state index in [1.54, 1.807) is 0 Å². The Morgan fingerprint density at radius 1 is 1.31 bits per heavy atom. The van der Waals surface area contributed by atoms with E-state index in [0.717, 1.165) is 30.5 Å². The highest BCUT2D eigenvalue weighted by molar-refractivity contribution is 5.79. The molecule has 3 N–H and O–H groups in total. The topological polar surface area (TPSA) is 59.9 Å². The molecule has 0 aliphatic carbocycles. The van der Waals surface area contributed by atoms with Crippen LogP contribution in [0.5, 0.6) is 0 Å². The molecule has 0 bridgehead atoms. The Morgan fingerprint density at radius 2 is 2.08 bits per heavy atom. The van der Waals surface area contributed by atoms with E-state index in [2.05, 4.69) is 36.3 Å². The Balaban J connectivity index is 1.78. The second kappa shape index (κ2) is 11.2. The number of nitrogens with zero attached hydrogens (tertiary/aromatic N) is 2. The molecule has 3 unspecified atom stereocenters. The standard InChI is InChI=1S/C21H36N4O/c1-4-22-21(23-13-12-20(26)19-10-6-5-7-11-19)24-15-18(3)25-14-8-9-17(2)16-25/h5-7,10-11,17-18,20,26H,4,8-9,12-16H2,1-3H3,(H2,22,23,24). The number of likely N-dealkylation sites (tertiary alicyclic amines) is 1. The molecule has 0 saturated carbocycles. The third kappa shape index (κ3) is 6.96. The van der Waals surface area contributed by atoms with Crippen LogP contribution in [0.2, 0.25) is 0 Å². The Bertz CT molecular complexity index is 534. The minimum Gasteiger partial charge on any atom is -0.388 e. The van der Waals surface area contributed by atoms with Gasteiger partial charge in [-0.15, -0.1) is 0 Å². The molecule has 1 aromatic carbocycles. The molecule has 0 amide bonds. The molecule has 0 radical (unpaired) electrons. The van der Waals surface area contributed by atoms with Gasteiger partial charge in [-0.05, 0) is 51.1 Å². The van der Waals surface area contributed by atoms with E-state index in [4.69, 9.17) is 4.99 Å². The Hall–Kier alpha value is -1.59. The van der Waals surface area contributed by atoms with Gasteiger partial charge >= 0.3 is 0 Å². The first-order chi connectivity index (χ1) is 12.6. The Kier molecular flexibility index (Phi) is 8.92. The summed E-state index contributed by atoms with van der Waals surface area (Å²) in [5.74, 6) is 1.63. The average Bonchev–Trinajstić information content (AvgIpc) is 2.66. The lowest BCUT2D eigenvalue weighted by Gasteiger charge is -2.35. The van der Waals surface area contributed by atoms with E-state index in [1.165, 1.54) is 25.9 Å². The lowest BCUT2D eigenvalue weighted by molar-refractivity contribution is 0.142.